The molecule has 2 amide bonds. The van der Waals surface area contributed by atoms with Crippen LogP contribution in [-0.4, -0.2) is 43.4 Å². The standard InChI is InChI=1S/C21H24BrN3O5/c1-12(2)18(24-20(27)14-5-7-15(29-3)8-6-14)21(28)25-23-11-13-9-16(22)19(26)17(10-13)30-4/h5-12,18,26H,1-4H3,(H,24,27)(H,25,28)/b23-11+. The summed E-state index contributed by atoms with van der Waals surface area (Å²) in [5.74, 6) is -0.110. The lowest BCUT2D eigenvalue weighted by atomic mass is 10.0. The molecule has 30 heavy (non-hydrogen) atoms. The van der Waals surface area contributed by atoms with E-state index in [1.807, 2.05) is 13.8 Å². The summed E-state index contributed by atoms with van der Waals surface area (Å²) >= 11 is 3.22. The van der Waals surface area contributed by atoms with Crippen LogP contribution in [0.2, 0.25) is 0 Å². The number of amides is 2. The number of phenols is 1. The van der Waals surface area contributed by atoms with E-state index >= 15 is 0 Å². The maximum Gasteiger partial charge on any atom is 0.262 e. The number of ether oxygens (including phenoxy) is 2. The molecule has 0 spiro atoms. The van der Waals surface area contributed by atoms with Crippen molar-refractivity contribution in [2.24, 2.45) is 11.0 Å². The van der Waals surface area contributed by atoms with Gasteiger partial charge in [-0.2, -0.15) is 5.10 Å². The molecule has 8 nitrogen and oxygen atoms in total. The lowest BCUT2D eigenvalue weighted by Crippen LogP contribution is -2.48. The first kappa shape index (κ1) is 23.2. The van der Waals surface area contributed by atoms with Crippen molar-refractivity contribution in [3.8, 4) is 17.2 Å². The Balaban J connectivity index is 2.05. The van der Waals surface area contributed by atoms with Crippen molar-refractivity contribution in [3.63, 3.8) is 0 Å². The molecule has 0 saturated heterocycles. The van der Waals surface area contributed by atoms with Gasteiger partial charge in [0.2, 0.25) is 0 Å². The van der Waals surface area contributed by atoms with Crippen molar-refractivity contribution in [1.29, 1.82) is 0 Å². The van der Waals surface area contributed by atoms with E-state index < -0.39 is 11.9 Å². The highest BCUT2D eigenvalue weighted by Gasteiger charge is 2.24. The molecule has 0 radical (unpaired) electrons. The van der Waals surface area contributed by atoms with Crippen LogP contribution in [0, 0.1) is 5.92 Å². The van der Waals surface area contributed by atoms with Gasteiger partial charge in [0.25, 0.3) is 11.8 Å². The van der Waals surface area contributed by atoms with E-state index in [2.05, 4.69) is 31.8 Å². The molecule has 0 aromatic heterocycles. The second kappa shape index (κ2) is 10.6. The van der Waals surface area contributed by atoms with Gasteiger partial charge in [0.05, 0.1) is 24.9 Å². The van der Waals surface area contributed by atoms with Crippen molar-refractivity contribution in [2.75, 3.05) is 14.2 Å². The Morgan fingerprint density at radius 1 is 1.13 bits per heavy atom. The van der Waals surface area contributed by atoms with E-state index in [1.165, 1.54) is 13.3 Å². The Morgan fingerprint density at radius 2 is 1.80 bits per heavy atom. The third-order valence-corrected chi connectivity index (χ3v) is 4.85. The maximum absolute atomic E-state index is 12.6. The van der Waals surface area contributed by atoms with Crippen LogP contribution in [0.25, 0.3) is 0 Å². The molecule has 0 fully saturated rings. The summed E-state index contributed by atoms with van der Waals surface area (Å²) in [6, 6.07) is 9.01. The van der Waals surface area contributed by atoms with E-state index in [0.717, 1.165) is 0 Å². The second-order valence-corrected chi connectivity index (χ2v) is 7.57. The molecule has 9 heteroatoms. The zero-order valence-electron chi connectivity index (χ0n) is 17.1. The molecule has 0 aliphatic rings. The van der Waals surface area contributed by atoms with E-state index in [9.17, 15) is 14.7 Å². The lowest BCUT2D eigenvalue weighted by molar-refractivity contribution is -0.123. The fourth-order valence-electron chi connectivity index (χ4n) is 2.57. The number of rotatable bonds is 8. The topological polar surface area (TPSA) is 109 Å². The molecule has 2 aromatic carbocycles. The van der Waals surface area contributed by atoms with Crippen LogP contribution in [0.15, 0.2) is 46.0 Å². The van der Waals surface area contributed by atoms with Crippen LogP contribution >= 0.6 is 15.9 Å². The molecule has 0 heterocycles. The van der Waals surface area contributed by atoms with Crippen molar-refractivity contribution < 1.29 is 24.2 Å². The number of benzene rings is 2. The summed E-state index contributed by atoms with van der Waals surface area (Å²) < 4.78 is 10.6. The molecule has 2 aromatic rings. The van der Waals surface area contributed by atoms with Gasteiger partial charge in [-0.15, -0.1) is 0 Å². The molecule has 3 N–H and O–H groups in total. The van der Waals surface area contributed by atoms with Crippen molar-refractivity contribution in [3.05, 3.63) is 52.0 Å². The number of aromatic hydroxyl groups is 1. The number of carbonyl (C=O) groups excluding carboxylic acids is 2. The molecule has 0 aliphatic carbocycles. The molecule has 160 valence electrons. The largest absolute Gasteiger partial charge is 0.503 e. The van der Waals surface area contributed by atoms with Gasteiger partial charge in [0, 0.05) is 5.56 Å². The molecule has 0 saturated carbocycles. The lowest BCUT2D eigenvalue weighted by Gasteiger charge is -2.20. The van der Waals surface area contributed by atoms with Gasteiger partial charge in [-0.05, 0) is 63.8 Å². The summed E-state index contributed by atoms with van der Waals surface area (Å²) in [5.41, 5.74) is 3.45. The maximum atomic E-state index is 12.6. The van der Waals surface area contributed by atoms with E-state index in [0.29, 0.717) is 21.3 Å². The third-order valence-electron chi connectivity index (χ3n) is 4.25. The van der Waals surface area contributed by atoms with Crippen LogP contribution in [-0.2, 0) is 4.79 Å². The minimum atomic E-state index is -0.780. The van der Waals surface area contributed by atoms with Crippen LogP contribution in [0.1, 0.15) is 29.8 Å². The fraction of sp³-hybridized carbons (Fsp3) is 0.286. The number of phenolic OH excluding ortho intramolecular Hbond substituents is 1. The summed E-state index contributed by atoms with van der Waals surface area (Å²) in [5, 5.41) is 16.5. The normalized spacial score (nSPS) is 11.9. The molecule has 1 atom stereocenters. The van der Waals surface area contributed by atoms with Gasteiger partial charge in [-0.1, -0.05) is 13.8 Å². The Morgan fingerprint density at radius 3 is 2.37 bits per heavy atom. The van der Waals surface area contributed by atoms with Crippen LogP contribution < -0.4 is 20.2 Å². The van der Waals surface area contributed by atoms with E-state index in [-0.39, 0.29) is 23.3 Å². The first-order chi connectivity index (χ1) is 14.3. The number of hydrogen-bond acceptors (Lipinski definition) is 6. The number of nitrogens with one attached hydrogen (secondary N) is 2. The first-order valence-corrected chi connectivity index (χ1v) is 9.90. The van der Waals surface area contributed by atoms with Crippen molar-refractivity contribution >= 4 is 34.0 Å². The molecule has 0 aliphatic heterocycles. The summed E-state index contributed by atoms with van der Waals surface area (Å²) in [4.78, 5) is 25.0. The van der Waals surface area contributed by atoms with Crippen LogP contribution in [0.4, 0.5) is 0 Å². The molecular formula is C21H24BrN3O5. The van der Waals surface area contributed by atoms with Crippen LogP contribution in [0.3, 0.4) is 0 Å². The summed E-state index contributed by atoms with van der Waals surface area (Å²) in [7, 11) is 2.98. The van der Waals surface area contributed by atoms with Gasteiger partial charge in [0.15, 0.2) is 11.5 Å². The number of hydrogen-bond donors (Lipinski definition) is 3. The molecule has 1 unspecified atom stereocenters. The molecule has 2 rings (SSSR count). The monoisotopic (exact) mass is 477 g/mol. The smallest absolute Gasteiger partial charge is 0.262 e. The van der Waals surface area contributed by atoms with Crippen LogP contribution in [0.5, 0.6) is 17.2 Å². The SMILES string of the molecule is COc1ccc(C(=O)NC(C(=O)N/N=C/c2cc(Br)c(O)c(OC)c2)C(C)C)cc1. The predicted octanol–water partition coefficient (Wildman–Crippen LogP) is 3.08. The van der Waals surface area contributed by atoms with E-state index in [1.54, 1.807) is 43.5 Å². The quantitative estimate of drug-likeness (QED) is 0.399. The zero-order valence-corrected chi connectivity index (χ0v) is 18.7. The number of halogens is 1. The Labute approximate surface area is 183 Å². The highest BCUT2D eigenvalue weighted by Crippen LogP contribution is 2.34. The number of nitrogens with zero attached hydrogens (tertiary/aromatic N) is 1. The fourth-order valence-corrected chi connectivity index (χ4v) is 3.03. The Hall–Kier alpha value is -3.07. The average Bonchev–Trinajstić information content (AvgIpc) is 2.73. The molecular weight excluding hydrogens is 454 g/mol. The van der Waals surface area contributed by atoms with Gasteiger partial charge >= 0.3 is 0 Å². The highest BCUT2D eigenvalue weighted by molar-refractivity contribution is 9.10. The third kappa shape index (κ3) is 5.96. The summed E-state index contributed by atoms with van der Waals surface area (Å²) in [6.45, 7) is 3.65. The minimum absolute atomic E-state index is 0.0280. The number of methoxy groups -OCH3 is 2. The predicted molar refractivity (Wildman–Crippen MR) is 117 cm³/mol. The van der Waals surface area contributed by atoms with Gasteiger partial charge in [-0.25, -0.2) is 5.43 Å². The second-order valence-electron chi connectivity index (χ2n) is 6.71. The Kier molecular flexibility index (Phi) is 8.23. The average molecular weight is 478 g/mol. The first-order valence-electron chi connectivity index (χ1n) is 9.11. The van der Waals surface area contributed by atoms with Gasteiger partial charge in [-0.3, -0.25) is 9.59 Å². The van der Waals surface area contributed by atoms with Crippen molar-refractivity contribution in [2.45, 2.75) is 19.9 Å². The van der Waals surface area contributed by atoms with Crippen molar-refractivity contribution in [1.82, 2.24) is 10.7 Å². The summed E-state index contributed by atoms with van der Waals surface area (Å²) in [6.07, 6.45) is 1.41. The van der Waals surface area contributed by atoms with Gasteiger partial charge < -0.3 is 19.9 Å². The van der Waals surface area contributed by atoms with E-state index in [4.69, 9.17) is 9.47 Å². The minimum Gasteiger partial charge on any atom is -0.503 e. The zero-order chi connectivity index (χ0) is 22.3. The Bertz CT molecular complexity index is 929. The van der Waals surface area contributed by atoms with Gasteiger partial charge in [0.1, 0.15) is 11.8 Å². The highest BCUT2D eigenvalue weighted by atomic mass is 79.9. The number of hydrazone groups is 1. The molecule has 0 bridgehead atoms. The number of carbonyl (C=O) groups is 2.